The van der Waals surface area contributed by atoms with Gasteiger partial charge in [0.2, 0.25) is 0 Å². The number of hydrogen-bond donors (Lipinski definition) is 2. The maximum atomic E-state index is 12.9. The molecule has 0 radical (unpaired) electrons. The third kappa shape index (κ3) is 4.57. The summed E-state index contributed by atoms with van der Waals surface area (Å²) in [5, 5.41) is 10.6. The molecule has 1 aliphatic heterocycles. The molecule has 0 bridgehead atoms. The van der Waals surface area contributed by atoms with E-state index in [1.807, 2.05) is 24.3 Å². The second-order valence-electron chi connectivity index (χ2n) is 7.52. The van der Waals surface area contributed by atoms with E-state index in [4.69, 9.17) is 14.6 Å². The molecule has 168 valence electrons. The van der Waals surface area contributed by atoms with Gasteiger partial charge in [0.15, 0.2) is 0 Å². The number of amides is 1. The zero-order valence-corrected chi connectivity index (χ0v) is 18.3. The number of piperidine rings is 1. The van der Waals surface area contributed by atoms with Crippen LogP contribution in [0.15, 0.2) is 65.6 Å². The summed E-state index contributed by atoms with van der Waals surface area (Å²) in [6.45, 7) is 0.857. The molecule has 8 nitrogen and oxygen atoms in total. The van der Waals surface area contributed by atoms with E-state index in [1.165, 1.54) is 24.1 Å². The zero-order valence-electron chi connectivity index (χ0n) is 17.5. The summed E-state index contributed by atoms with van der Waals surface area (Å²) in [5.41, 5.74) is 0.449. The Morgan fingerprint density at radius 2 is 1.66 bits per heavy atom. The fourth-order valence-corrected chi connectivity index (χ4v) is 4.85. The zero-order chi connectivity index (χ0) is 22.7. The van der Waals surface area contributed by atoms with Gasteiger partial charge in [0.1, 0.15) is 17.6 Å². The van der Waals surface area contributed by atoms with Crippen LogP contribution in [-0.4, -0.2) is 50.8 Å². The van der Waals surface area contributed by atoms with Crippen molar-refractivity contribution >= 4 is 32.6 Å². The molecule has 0 spiro atoms. The first kappa shape index (κ1) is 21.8. The average molecular weight is 457 g/mol. The summed E-state index contributed by atoms with van der Waals surface area (Å²) in [6, 6.07) is 17.0. The number of anilines is 1. The normalized spacial score (nSPS) is 14.8. The van der Waals surface area contributed by atoms with E-state index >= 15 is 0 Å². The summed E-state index contributed by atoms with van der Waals surface area (Å²) < 4.78 is 39.7. The standard InChI is InChI=1S/C23H24N2O6S/c1-30-16-6-8-18(9-7-16)32(28,29)24-21-10-11-22(20-5-3-2-4-19(20)21)31-17-12-14-25(15-13-17)23(26)27/h2-11,17,24H,12-15H2,1H3,(H,26,27). The maximum Gasteiger partial charge on any atom is 0.407 e. The fraction of sp³-hybridized carbons (Fsp3) is 0.261. The third-order valence-corrected chi connectivity index (χ3v) is 6.89. The first-order chi connectivity index (χ1) is 15.4. The van der Waals surface area contributed by atoms with Crippen molar-refractivity contribution in [2.24, 2.45) is 0 Å². The summed E-state index contributed by atoms with van der Waals surface area (Å²) in [7, 11) is -2.27. The number of benzene rings is 3. The van der Waals surface area contributed by atoms with Gasteiger partial charge in [0, 0.05) is 36.7 Å². The lowest BCUT2D eigenvalue weighted by Gasteiger charge is -2.30. The number of nitrogens with zero attached hydrogens (tertiary/aromatic N) is 1. The summed E-state index contributed by atoms with van der Waals surface area (Å²) >= 11 is 0. The van der Waals surface area contributed by atoms with Gasteiger partial charge in [-0.2, -0.15) is 0 Å². The van der Waals surface area contributed by atoms with Gasteiger partial charge in [-0.1, -0.05) is 24.3 Å². The minimum absolute atomic E-state index is 0.101. The van der Waals surface area contributed by atoms with E-state index < -0.39 is 16.1 Å². The molecule has 2 N–H and O–H groups in total. The first-order valence-electron chi connectivity index (χ1n) is 10.2. The highest BCUT2D eigenvalue weighted by atomic mass is 32.2. The van der Waals surface area contributed by atoms with Crippen molar-refractivity contribution in [3.63, 3.8) is 0 Å². The highest BCUT2D eigenvalue weighted by Gasteiger charge is 2.24. The molecule has 1 heterocycles. The molecule has 1 amide bonds. The fourth-order valence-electron chi connectivity index (χ4n) is 3.77. The lowest BCUT2D eigenvalue weighted by molar-refractivity contribution is 0.0902. The third-order valence-electron chi connectivity index (χ3n) is 5.50. The highest BCUT2D eigenvalue weighted by molar-refractivity contribution is 7.92. The van der Waals surface area contributed by atoms with Gasteiger partial charge in [0.05, 0.1) is 17.7 Å². The van der Waals surface area contributed by atoms with Crippen molar-refractivity contribution in [2.45, 2.75) is 23.8 Å². The molecule has 3 aromatic rings. The lowest BCUT2D eigenvalue weighted by atomic mass is 10.1. The molecule has 1 saturated heterocycles. The van der Waals surface area contributed by atoms with Crippen LogP contribution in [0.25, 0.3) is 10.8 Å². The Bertz CT molecular complexity index is 1220. The van der Waals surface area contributed by atoms with Crippen molar-refractivity contribution in [3.8, 4) is 11.5 Å². The van der Waals surface area contributed by atoms with Crippen molar-refractivity contribution < 1.29 is 27.8 Å². The molecule has 1 aliphatic rings. The van der Waals surface area contributed by atoms with Crippen molar-refractivity contribution in [3.05, 3.63) is 60.7 Å². The van der Waals surface area contributed by atoms with E-state index in [2.05, 4.69) is 4.72 Å². The predicted octanol–water partition coefficient (Wildman–Crippen LogP) is 4.17. The maximum absolute atomic E-state index is 12.9. The summed E-state index contributed by atoms with van der Waals surface area (Å²) in [5.74, 6) is 1.21. The molecule has 0 aliphatic carbocycles. The summed E-state index contributed by atoms with van der Waals surface area (Å²) in [4.78, 5) is 12.6. The highest BCUT2D eigenvalue weighted by Crippen LogP contribution is 2.34. The molecule has 0 aromatic heterocycles. The number of hydrogen-bond acceptors (Lipinski definition) is 5. The van der Waals surface area contributed by atoms with Gasteiger partial charge < -0.3 is 19.5 Å². The van der Waals surface area contributed by atoms with Crippen molar-refractivity contribution in [1.82, 2.24) is 4.90 Å². The van der Waals surface area contributed by atoms with Crippen LogP contribution < -0.4 is 14.2 Å². The molecule has 1 fully saturated rings. The van der Waals surface area contributed by atoms with Gasteiger partial charge in [-0.25, -0.2) is 13.2 Å². The molecule has 3 aromatic carbocycles. The van der Waals surface area contributed by atoms with E-state index in [9.17, 15) is 13.2 Å². The Hall–Kier alpha value is -3.46. The second kappa shape index (κ2) is 8.96. The van der Waals surface area contributed by atoms with Crippen LogP contribution in [0, 0.1) is 0 Å². The molecule has 4 rings (SSSR count). The van der Waals surface area contributed by atoms with Crippen LogP contribution in [0.2, 0.25) is 0 Å². The topological polar surface area (TPSA) is 105 Å². The van der Waals surface area contributed by atoms with E-state index in [0.717, 1.165) is 5.39 Å². The Kier molecular flexibility index (Phi) is 6.09. The van der Waals surface area contributed by atoms with Gasteiger partial charge in [-0.05, 0) is 36.4 Å². The second-order valence-corrected chi connectivity index (χ2v) is 9.21. The van der Waals surface area contributed by atoms with Crippen LogP contribution in [0.5, 0.6) is 11.5 Å². The van der Waals surface area contributed by atoms with E-state index in [1.54, 1.807) is 24.3 Å². The van der Waals surface area contributed by atoms with E-state index in [0.29, 0.717) is 48.5 Å². The molecule has 9 heteroatoms. The number of methoxy groups -OCH3 is 1. The largest absolute Gasteiger partial charge is 0.497 e. The quantitative estimate of drug-likeness (QED) is 0.577. The summed E-state index contributed by atoms with van der Waals surface area (Å²) in [6.07, 6.45) is 0.192. The number of likely N-dealkylation sites (tertiary alicyclic amines) is 1. The Balaban J connectivity index is 1.57. The Labute approximate surface area is 186 Å². The van der Waals surface area contributed by atoms with Crippen molar-refractivity contribution in [1.29, 1.82) is 0 Å². The Morgan fingerprint density at radius 1 is 1.00 bits per heavy atom. The molecule has 0 atom stereocenters. The number of fused-ring (bicyclic) bond motifs is 1. The number of carbonyl (C=O) groups is 1. The van der Waals surface area contributed by atoms with Crippen LogP contribution in [-0.2, 0) is 10.0 Å². The molecular formula is C23H24N2O6S. The number of nitrogens with one attached hydrogen (secondary N) is 1. The monoisotopic (exact) mass is 456 g/mol. The van der Waals surface area contributed by atoms with Gasteiger partial charge in [-0.3, -0.25) is 4.72 Å². The Morgan fingerprint density at radius 3 is 2.28 bits per heavy atom. The average Bonchev–Trinajstić information content (AvgIpc) is 2.81. The smallest absolute Gasteiger partial charge is 0.407 e. The van der Waals surface area contributed by atoms with E-state index in [-0.39, 0.29) is 11.0 Å². The van der Waals surface area contributed by atoms with Crippen LogP contribution in [0.3, 0.4) is 0 Å². The molecular weight excluding hydrogens is 432 g/mol. The van der Waals surface area contributed by atoms with Gasteiger partial charge in [0.25, 0.3) is 10.0 Å². The molecule has 0 unspecified atom stereocenters. The van der Waals surface area contributed by atoms with Crippen LogP contribution in [0.1, 0.15) is 12.8 Å². The predicted molar refractivity (Wildman–Crippen MR) is 121 cm³/mol. The van der Waals surface area contributed by atoms with Gasteiger partial charge in [-0.15, -0.1) is 0 Å². The van der Waals surface area contributed by atoms with Crippen molar-refractivity contribution in [2.75, 3.05) is 24.9 Å². The minimum atomic E-state index is -3.79. The molecule has 32 heavy (non-hydrogen) atoms. The number of sulfonamides is 1. The SMILES string of the molecule is COc1ccc(S(=O)(=O)Nc2ccc(OC3CCN(C(=O)O)CC3)c3ccccc23)cc1. The number of ether oxygens (including phenoxy) is 2. The van der Waals surface area contributed by atoms with Crippen LogP contribution in [0.4, 0.5) is 10.5 Å². The first-order valence-corrected chi connectivity index (χ1v) is 11.7. The van der Waals surface area contributed by atoms with Gasteiger partial charge >= 0.3 is 6.09 Å². The number of rotatable bonds is 6. The van der Waals surface area contributed by atoms with Crippen LogP contribution >= 0.6 is 0 Å². The minimum Gasteiger partial charge on any atom is -0.497 e. The number of carboxylic acid groups (broad SMARTS) is 1. The lowest BCUT2D eigenvalue weighted by Crippen LogP contribution is -2.41. The molecule has 0 saturated carbocycles.